The second-order valence-electron chi connectivity index (χ2n) is 3.12. The summed E-state index contributed by atoms with van der Waals surface area (Å²) in [4.78, 5) is 0. The first-order valence-corrected chi connectivity index (χ1v) is 5.58. The van der Waals surface area contributed by atoms with Gasteiger partial charge in [-0.3, -0.25) is 0 Å². The van der Waals surface area contributed by atoms with E-state index in [4.69, 9.17) is 15.7 Å². The summed E-state index contributed by atoms with van der Waals surface area (Å²) in [6, 6.07) is 7.63. The zero-order valence-corrected chi connectivity index (χ0v) is 9.96. The van der Waals surface area contributed by atoms with E-state index in [-0.39, 0.29) is 0 Å². The second-order valence-corrected chi connectivity index (χ2v) is 3.92. The minimum atomic E-state index is 0.585. The van der Waals surface area contributed by atoms with E-state index in [1.165, 1.54) is 0 Å². The molecule has 0 aliphatic heterocycles. The Morgan fingerprint density at radius 1 is 1.40 bits per heavy atom. The topological polar surface area (TPSA) is 59.0 Å². The van der Waals surface area contributed by atoms with E-state index in [1.54, 1.807) is 0 Å². The highest BCUT2D eigenvalue weighted by atomic mass is 79.9. The molecule has 1 rings (SSSR count). The summed E-state index contributed by atoms with van der Waals surface area (Å²) in [5, 5.41) is 8.35. The lowest BCUT2D eigenvalue weighted by atomic mass is 10.2. The molecule has 0 saturated heterocycles. The van der Waals surface area contributed by atoms with Gasteiger partial charge >= 0.3 is 0 Å². The molecule has 0 saturated carbocycles. The first-order valence-electron chi connectivity index (χ1n) is 4.79. The van der Waals surface area contributed by atoms with Crippen molar-refractivity contribution in [1.82, 2.24) is 0 Å². The fraction of sp³-hybridized carbons (Fsp3) is 0.364. The van der Waals surface area contributed by atoms with E-state index in [0.29, 0.717) is 18.7 Å². The number of nitriles is 1. The van der Waals surface area contributed by atoms with Crippen molar-refractivity contribution in [1.29, 1.82) is 5.26 Å². The van der Waals surface area contributed by atoms with Gasteiger partial charge in [0, 0.05) is 12.1 Å². The Morgan fingerprint density at radius 2 is 2.20 bits per heavy atom. The van der Waals surface area contributed by atoms with Crippen LogP contribution in [0.25, 0.3) is 0 Å². The maximum Gasteiger partial charge on any atom is 0.135 e. The molecule has 0 bridgehead atoms. The molecule has 0 amide bonds. The number of rotatable bonds is 5. The van der Waals surface area contributed by atoms with Gasteiger partial charge in [0.15, 0.2) is 0 Å². The van der Waals surface area contributed by atoms with E-state index in [1.807, 2.05) is 18.2 Å². The van der Waals surface area contributed by atoms with Crippen LogP contribution in [0, 0.1) is 11.3 Å². The summed E-state index contributed by atoms with van der Waals surface area (Å²) >= 11 is 3.36. The average molecular weight is 269 g/mol. The summed E-state index contributed by atoms with van der Waals surface area (Å²) < 4.78 is 6.32. The number of nitrogen functional groups attached to an aromatic ring is 1. The van der Waals surface area contributed by atoms with E-state index in [0.717, 1.165) is 23.1 Å². The Kier molecular flexibility index (Phi) is 4.99. The number of nitrogens with two attached hydrogens (primary N) is 1. The number of ether oxygens (including phenoxy) is 1. The first-order chi connectivity index (χ1) is 7.25. The molecule has 1 aromatic rings. The second kappa shape index (κ2) is 6.31. The first kappa shape index (κ1) is 11.9. The maximum atomic E-state index is 8.35. The van der Waals surface area contributed by atoms with E-state index >= 15 is 0 Å². The molecule has 0 unspecified atom stereocenters. The molecule has 0 atom stereocenters. The van der Waals surface area contributed by atoms with Gasteiger partial charge < -0.3 is 10.5 Å². The van der Waals surface area contributed by atoms with Crippen molar-refractivity contribution >= 4 is 21.6 Å². The number of nitrogens with zero attached hydrogens (tertiary/aromatic N) is 1. The number of hydrogen-bond acceptors (Lipinski definition) is 3. The van der Waals surface area contributed by atoms with Gasteiger partial charge in [-0.25, -0.2) is 0 Å². The van der Waals surface area contributed by atoms with Crippen molar-refractivity contribution in [2.45, 2.75) is 19.3 Å². The minimum absolute atomic E-state index is 0.585. The van der Waals surface area contributed by atoms with Crippen molar-refractivity contribution in [2.24, 2.45) is 0 Å². The number of hydrogen-bond donors (Lipinski definition) is 1. The summed E-state index contributed by atoms with van der Waals surface area (Å²) in [6.07, 6.45) is 2.34. The lowest BCUT2D eigenvalue weighted by Crippen LogP contribution is -1.99. The Labute approximate surface area is 98.0 Å². The van der Waals surface area contributed by atoms with Gasteiger partial charge in [0.25, 0.3) is 0 Å². The smallest absolute Gasteiger partial charge is 0.135 e. The molecular formula is C11H13BrN2O. The SMILES string of the molecule is N#CCCCCOc1cccc(N)c1Br. The average Bonchev–Trinajstić information content (AvgIpc) is 2.24. The van der Waals surface area contributed by atoms with Gasteiger partial charge in [-0.1, -0.05) is 6.07 Å². The molecule has 0 aliphatic carbocycles. The van der Waals surface area contributed by atoms with Crippen molar-refractivity contribution in [2.75, 3.05) is 12.3 Å². The molecule has 2 N–H and O–H groups in total. The van der Waals surface area contributed by atoms with Gasteiger partial charge in [-0.15, -0.1) is 0 Å². The number of benzene rings is 1. The quantitative estimate of drug-likeness (QED) is 0.660. The minimum Gasteiger partial charge on any atom is -0.492 e. The van der Waals surface area contributed by atoms with Crippen LogP contribution in [-0.2, 0) is 0 Å². The maximum absolute atomic E-state index is 8.35. The summed E-state index contributed by atoms with van der Waals surface area (Å²) in [5.41, 5.74) is 6.37. The largest absolute Gasteiger partial charge is 0.492 e. The van der Waals surface area contributed by atoms with Crippen LogP contribution in [0.4, 0.5) is 5.69 Å². The van der Waals surface area contributed by atoms with Crippen LogP contribution in [0.2, 0.25) is 0 Å². The monoisotopic (exact) mass is 268 g/mol. The van der Waals surface area contributed by atoms with Crippen molar-refractivity contribution < 1.29 is 4.74 Å². The molecule has 0 radical (unpaired) electrons. The van der Waals surface area contributed by atoms with E-state index in [2.05, 4.69) is 22.0 Å². The summed E-state index contributed by atoms with van der Waals surface area (Å²) in [5.74, 6) is 0.756. The lowest BCUT2D eigenvalue weighted by Gasteiger charge is -2.08. The zero-order valence-electron chi connectivity index (χ0n) is 8.37. The Balaban J connectivity index is 2.38. The van der Waals surface area contributed by atoms with Crippen LogP contribution in [0.15, 0.2) is 22.7 Å². The van der Waals surface area contributed by atoms with Crippen LogP contribution in [0.5, 0.6) is 5.75 Å². The molecule has 3 nitrogen and oxygen atoms in total. The molecule has 1 aromatic carbocycles. The highest BCUT2D eigenvalue weighted by Gasteiger charge is 2.03. The number of halogens is 1. The molecule has 0 aliphatic rings. The van der Waals surface area contributed by atoms with Gasteiger partial charge in [0.05, 0.1) is 17.1 Å². The lowest BCUT2D eigenvalue weighted by molar-refractivity contribution is 0.306. The third-order valence-corrected chi connectivity index (χ3v) is 2.78. The molecule has 0 fully saturated rings. The van der Waals surface area contributed by atoms with Crippen molar-refractivity contribution in [3.8, 4) is 11.8 Å². The molecule has 0 spiro atoms. The zero-order chi connectivity index (χ0) is 11.1. The Hall–Kier alpha value is -1.21. The highest BCUT2D eigenvalue weighted by molar-refractivity contribution is 9.10. The van der Waals surface area contributed by atoms with Gasteiger partial charge in [-0.2, -0.15) is 5.26 Å². The van der Waals surface area contributed by atoms with Crippen molar-refractivity contribution in [3.05, 3.63) is 22.7 Å². The highest BCUT2D eigenvalue weighted by Crippen LogP contribution is 2.30. The normalized spacial score (nSPS) is 9.60. The predicted molar refractivity (Wildman–Crippen MR) is 63.5 cm³/mol. The van der Waals surface area contributed by atoms with Crippen LogP contribution in [0.3, 0.4) is 0 Å². The third-order valence-electron chi connectivity index (χ3n) is 1.93. The van der Waals surface area contributed by atoms with Crippen LogP contribution in [-0.4, -0.2) is 6.61 Å². The molecule has 4 heteroatoms. The number of unbranched alkanes of at least 4 members (excludes halogenated alkanes) is 2. The fourth-order valence-corrected chi connectivity index (χ4v) is 1.51. The standard InChI is InChI=1S/C11H13BrN2O/c12-11-9(14)5-4-6-10(11)15-8-3-1-2-7-13/h4-6H,1-3,8,14H2. The van der Waals surface area contributed by atoms with Crippen LogP contribution < -0.4 is 10.5 Å². The van der Waals surface area contributed by atoms with E-state index in [9.17, 15) is 0 Å². The van der Waals surface area contributed by atoms with Crippen molar-refractivity contribution in [3.63, 3.8) is 0 Å². The van der Waals surface area contributed by atoms with Gasteiger partial charge in [0.2, 0.25) is 0 Å². The van der Waals surface area contributed by atoms with E-state index < -0.39 is 0 Å². The van der Waals surface area contributed by atoms with Crippen LogP contribution >= 0.6 is 15.9 Å². The Morgan fingerprint density at radius 3 is 2.93 bits per heavy atom. The summed E-state index contributed by atoms with van der Waals surface area (Å²) in [6.45, 7) is 0.615. The third kappa shape index (κ3) is 3.80. The predicted octanol–water partition coefficient (Wildman–Crippen LogP) is 3.10. The van der Waals surface area contributed by atoms with Crippen LogP contribution in [0.1, 0.15) is 19.3 Å². The fourth-order valence-electron chi connectivity index (χ4n) is 1.13. The molecule has 0 heterocycles. The Bertz CT molecular complexity index is 360. The van der Waals surface area contributed by atoms with Gasteiger partial charge in [0.1, 0.15) is 5.75 Å². The molecular weight excluding hydrogens is 256 g/mol. The molecule has 0 aromatic heterocycles. The molecule has 15 heavy (non-hydrogen) atoms. The number of anilines is 1. The molecule has 80 valence electrons. The van der Waals surface area contributed by atoms with Gasteiger partial charge in [-0.05, 0) is 40.9 Å². The summed E-state index contributed by atoms with van der Waals surface area (Å²) in [7, 11) is 0.